The molecule has 5 aliphatic heterocycles. The first-order chi connectivity index (χ1) is 66.8. The minimum Gasteiger partial charge on any atom is -0.481 e. The van der Waals surface area contributed by atoms with Crippen molar-refractivity contribution in [2.45, 2.75) is 294 Å². The fourth-order valence-electron chi connectivity index (χ4n) is 18.0. The van der Waals surface area contributed by atoms with Gasteiger partial charge in [-0.15, -0.1) is 0 Å². The standard InChI is InChI=1S/C23H33BrF3N3O3SSi.C23H35BrFN3O4SSi.C23H33BrFN3O4SSi.C13H14BrF2N3OS.C13H16F2N4OS/c1-21(2,3)33-20(31)30(13-32-8-9-35(5,6)7)19-29-22(4,15-10-14(24)12-28-17(15)25)16-11-23(16,34-19)18(26)27;2*1-21(2,3)32-20(30)28(14-31-8-9-34(5,6)7)19-27-22(4,17-11-23(17,13-29)33-19)16-10-15(24)12-26-18(16)25;1-12(7-3-6(14)5-18-9(7)20-2)8-4-13(8,10(15)16)21-11(17)19-12;1-12(7-3-6(16)5-18-9(7)20-2)8-4-13(8,10(14)15)21-11(17)19-12/h10,12,16,18H,8-9,11,13H2,1-7H3;10,12,17,29H,8-9,11,13-14H2,1-7H3;10,12-13,17H,8-9,11,14H2,1-7H3;3,5,8,10H,4H2,1-2H3,(H2,17,19);3,5,8,10H,4,16H2,1-2H3,(H2,17,19)/t16-,22+,23-;2*17-,22+,23+;2*8-,12+,13-/m00000/s1. The molecule has 15 atom stereocenters. The van der Waals surface area contributed by atoms with Crippen LogP contribution in [-0.4, -0.2) is 240 Å². The molecule has 0 bridgehead atoms. The highest BCUT2D eigenvalue weighted by Gasteiger charge is 2.75. The number of ether oxygens (including phenoxy) is 8. The van der Waals surface area contributed by atoms with Gasteiger partial charge < -0.3 is 65.0 Å². The number of halogens is 13. The molecular weight excluding hydrogens is 2310 g/mol. The number of aliphatic hydroxyl groups is 1. The van der Waals surface area contributed by atoms with Crippen molar-refractivity contribution in [3.05, 3.63) is 125 Å². The normalized spacial score (nSPS) is 28.7. The van der Waals surface area contributed by atoms with Crippen molar-refractivity contribution >= 4 is 203 Å². The molecule has 5 saturated carbocycles. The first-order valence-corrected chi connectivity index (χ1v) is 65.3. The molecule has 29 nitrogen and oxygen atoms in total. The Bertz CT molecular complexity index is 5700. The van der Waals surface area contributed by atoms with Crippen LogP contribution in [0.1, 0.15) is 157 Å². The van der Waals surface area contributed by atoms with Crippen molar-refractivity contribution in [3.63, 3.8) is 0 Å². The highest BCUT2D eigenvalue weighted by atomic mass is 79.9. The summed E-state index contributed by atoms with van der Waals surface area (Å²) in [6, 6.07) is 11.0. The highest BCUT2D eigenvalue weighted by Crippen LogP contribution is 2.73. The van der Waals surface area contributed by atoms with Gasteiger partial charge in [-0.1, -0.05) is 118 Å². The summed E-state index contributed by atoms with van der Waals surface area (Å²) in [5.41, 5.74) is 12.3. The van der Waals surface area contributed by atoms with Gasteiger partial charge >= 0.3 is 18.3 Å². The molecule has 7 N–H and O–H groups in total. The lowest BCUT2D eigenvalue weighted by Crippen LogP contribution is -2.46. The number of nitrogen functional groups attached to an aromatic ring is 1. The molecule has 802 valence electrons. The fraction of sp³-hybridized carbons (Fsp3) is 0.642. The van der Waals surface area contributed by atoms with Gasteiger partial charge in [-0.05, 0) is 241 Å². The number of rotatable bonds is 27. The minimum atomic E-state index is -2.70. The zero-order valence-electron chi connectivity index (χ0n) is 85.9. The van der Waals surface area contributed by atoms with Crippen LogP contribution in [0, 0.1) is 47.4 Å². The Morgan fingerprint density at radius 1 is 0.434 bits per heavy atom. The number of anilines is 1. The summed E-state index contributed by atoms with van der Waals surface area (Å²) in [6.45, 7) is 45.8. The molecule has 10 aliphatic rings. The van der Waals surface area contributed by atoms with Crippen molar-refractivity contribution in [2.24, 2.45) is 66.0 Å². The molecule has 50 heteroatoms. The van der Waals surface area contributed by atoms with E-state index in [1.165, 1.54) is 78.4 Å². The van der Waals surface area contributed by atoms with Gasteiger partial charge in [0.05, 0.1) is 84.1 Å². The summed E-state index contributed by atoms with van der Waals surface area (Å²) in [6.07, 6.45) is 0.501. The number of aliphatic imine (C=N–C) groups is 5. The molecule has 15 rings (SSSR count). The summed E-state index contributed by atoms with van der Waals surface area (Å²) >= 11 is 18.7. The SMILES string of the molecule is CC(C)(C)OC(=O)N(COCC[Si](C)(C)C)C1=N[C@](C)(c2cc(Br)cnc2F)[C@@H]2C[C@]2(C(F)F)S1.CC(C)(C)OC(=O)N(COCC[Si](C)(C)C)C1=N[C@](C)(c2cc(Br)cnc2F)[C@@H]2C[C@]2(C=O)S1.CC(C)(C)OC(=O)N(COCC[Si](C)(C)C)C1=N[C@](C)(c2cc(Br)cnc2F)[C@@H]2C[C@]2(CO)S1.COc1ncc(Br)cc1[C@@]1(C)N=C(N)S[C@@]2(C(F)F)C[C@@H]12.COc1ncc(N)cc1[C@@]1(C)N=C(N)S[C@@]2(C(F)F)C[C@@H]12. The summed E-state index contributed by atoms with van der Waals surface area (Å²) in [4.78, 5) is 98.7. The van der Waals surface area contributed by atoms with Crippen molar-refractivity contribution in [1.82, 2.24) is 39.6 Å². The maximum atomic E-state index is 14.9. The number of methoxy groups -OCH3 is 2. The van der Waals surface area contributed by atoms with E-state index in [9.17, 15) is 63.8 Å². The molecule has 3 amide bonds. The fourth-order valence-corrected chi connectivity index (χ4v) is 28.8. The van der Waals surface area contributed by atoms with E-state index in [0.717, 1.165) is 69.1 Å². The number of amidine groups is 5. The van der Waals surface area contributed by atoms with Crippen LogP contribution in [0.2, 0.25) is 77.1 Å². The van der Waals surface area contributed by atoms with Crippen LogP contribution in [0.5, 0.6) is 11.8 Å². The molecule has 5 aliphatic carbocycles. The smallest absolute Gasteiger partial charge is 0.418 e. The van der Waals surface area contributed by atoms with E-state index < -0.39 is 154 Å². The van der Waals surface area contributed by atoms with Crippen LogP contribution in [0.3, 0.4) is 0 Å². The molecule has 0 aromatic carbocycles. The second kappa shape index (κ2) is 44.7. The number of amides is 3. The Labute approximate surface area is 899 Å². The Morgan fingerprint density at radius 3 is 1.06 bits per heavy atom. The molecule has 0 radical (unpaired) electrons. The third kappa shape index (κ3) is 27.5. The predicted octanol–water partition coefficient (Wildman–Crippen LogP) is 23.4. The molecule has 0 unspecified atom stereocenters. The van der Waals surface area contributed by atoms with E-state index >= 15 is 0 Å². The Balaban J connectivity index is 0.000000175. The topological polar surface area (TPSA) is 376 Å². The summed E-state index contributed by atoms with van der Waals surface area (Å²) in [5.74, 6) is -2.87. The maximum Gasteiger partial charge on any atom is 0.418 e. The quantitative estimate of drug-likeness (QED) is 0.00721. The molecule has 0 saturated heterocycles. The number of hydrogen-bond donors (Lipinski definition) is 4. The van der Waals surface area contributed by atoms with Gasteiger partial charge in [-0.2, -0.15) is 13.2 Å². The summed E-state index contributed by atoms with van der Waals surface area (Å²) in [5, 5.41) is 11.3. The largest absolute Gasteiger partial charge is 0.481 e. The van der Waals surface area contributed by atoms with Crippen LogP contribution < -0.4 is 26.7 Å². The molecule has 0 spiro atoms. The van der Waals surface area contributed by atoms with Crippen molar-refractivity contribution in [1.29, 1.82) is 0 Å². The number of aldehydes is 1. The molecule has 5 aromatic heterocycles. The maximum absolute atomic E-state index is 14.9. The average molecular weight is 2440 g/mol. The first kappa shape index (κ1) is 119. The van der Waals surface area contributed by atoms with Crippen LogP contribution in [0.25, 0.3) is 0 Å². The minimum absolute atomic E-state index is 0.0307. The Morgan fingerprint density at radius 2 is 0.731 bits per heavy atom. The molecule has 10 heterocycles. The number of thioether (sulfide) groups is 5. The summed E-state index contributed by atoms with van der Waals surface area (Å²) < 4.78 is 169. The predicted molar refractivity (Wildman–Crippen MR) is 576 cm³/mol. The highest BCUT2D eigenvalue weighted by molar-refractivity contribution is 9.11. The number of carbonyl (C=O) groups is 4. The lowest BCUT2D eigenvalue weighted by Gasteiger charge is -2.37. The Hall–Kier alpha value is -5.89. The zero-order valence-corrected chi connectivity index (χ0v) is 99.3. The van der Waals surface area contributed by atoms with Crippen molar-refractivity contribution in [2.75, 3.05) is 66.6 Å². The first-order valence-electron chi connectivity index (χ1n) is 46.9. The lowest BCUT2D eigenvalue weighted by atomic mass is 9.86. The molecule has 5 fully saturated rings. The number of aromatic nitrogens is 5. The van der Waals surface area contributed by atoms with Crippen molar-refractivity contribution in [3.8, 4) is 11.8 Å². The van der Waals surface area contributed by atoms with Gasteiger partial charge in [0.15, 0.2) is 25.8 Å². The van der Waals surface area contributed by atoms with Crippen LogP contribution in [-0.2, 0) is 60.9 Å². The number of nitrogens with zero attached hydrogens (tertiary/aromatic N) is 13. The van der Waals surface area contributed by atoms with E-state index in [-0.39, 0.29) is 88.7 Å². The van der Waals surface area contributed by atoms with Gasteiger partial charge in [0.25, 0.3) is 19.3 Å². The number of aliphatic hydroxyl groups excluding tert-OH is 1. The number of fused-ring (bicyclic) bond motifs is 5. The number of hydrogen-bond acceptors (Lipinski definition) is 31. The van der Waals surface area contributed by atoms with Gasteiger partial charge in [0.2, 0.25) is 29.6 Å². The monoisotopic (exact) mass is 2430 g/mol. The third-order valence-electron chi connectivity index (χ3n) is 26.3. The van der Waals surface area contributed by atoms with Gasteiger partial charge in [-0.25, -0.2) is 80.3 Å². The van der Waals surface area contributed by atoms with E-state index in [1.54, 1.807) is 107 Å². The van der Waals surface area contributed by atoms with Gasteiger partial charge in [0.1, 0.15) is 43.3 Å². The summed E-state index contributed by atoms with van der Waals surface area (Å²) in [7, 11) is -1.06. The van der Waals surface area contributed by atoms with Crippen molar-refractivity contribution < 1.29 is 102 Å². The second-order valence-electron chi connectivity index (χ2n) is 45.0. The van der Waals surface area contributed by atoms with Gasteiger partial charge in [-0.3, -0.25) is 25.0 Å². The van der Waals surface area contributed by atoms with E-state index in [1.807, 2.05) is 19.9 Å². The Kier molecular flexibility index (Phi) is 36.8. The number of alkyl halides is 6. The third-order valence-corrected chi connectivity index (χ3v) is 40.2. The lowest BCUT2D eigenvalue weighted by molar-refractivity contribution is -0.108. The number of carbonyl (C=O) groups excluding carboxylic acids is 4. The van der Waals surface area contributed by atoms with Crippen LogP contribution >= 0.6 is 123 Å². The van der Waals surface area contributed by atoms with Gasteiger partial charge in [0, 0.05) is 144 Å². The average Bonchev–Trinajstić information content (AvgIpc) is 1.47. The number of pyridine rings is 5. The second-order valence-corrected chi connectivity index (χ2v) is 72.3. The number of nitrogens with two attached hydrogens (primary N) is 3. The molecule has 5 aromatic rings. The van der Waals surface area contributed by atoms with E-state index in [2.05, 4.69) is 158 Å². The van der Waals surface area contributed by atoms with E-state index in [0.29, 0.717) is 98.2 Å². The zero-order chi connectivity index (χ0) is 108. The van der Waals surface area contributed by atoms with Crippen LogP contribution in [0.15, 0.2) is 104 Å². The van der Waals surface area contributed by atoms with Crippen LogP contribution in [0.4, 0.5) is 59.6 Å². The molecular formula is C95H131Br4F9N16O13S5Si3. The molecule has 145 heavy (non-hydrogen) atoms. The van der Waals surface area contributed by atoms with E-state index in [4.69, 9.17) is 70.1 Å².